The molecule has 8 heteroatoms. The first kappa shape index (κ1) is 14.4. The Labute approximate surface area is 102 Å². The summed E-state index contributed by atoms with van der Waals surface area (Å²) in [5.74, 6) is -4.24. The van der Waals surface area contributed by atoms with Crippen LogP contribution in [0.4, 0.5) is 0 Å². The lowest BCUT2D eigenvalue weighted by Crippen LogP contribution is -2.50. The van der Waals surface area contributed by atoms with Crippen LogP contribution in [-0.4, -0.2) is 68.5 Å². The number of hydrogen-bond donors (Lipinski definition) is 4. The van der Waals surface area contributed by atoms with E-state index in [-0.39, 0.29) is 19.4 Å². The van der Waals surface area contributed by atoms with Crippen molar-refractivity contribution in [2.45, 2.75) is 18.4 Å². The zero-order valence-corrected chi connectivity index (χ0v) is 9.57. The van der Waals surface area contributed by atoms with Crippen LogP contribution in [0.3, 0.4) is 0 Å². The number of carbonyl (C=O) groups is 3. The lowest BCUT2D eigenvalue weighted by molar-refractivity contribution is -0.151. The van der Waals surface area contributed by atoms with Gasteiger partial charge in [0.05, 0.1) is 13.1 Å². The Bertz CT molecular complexity index is 353. The first-order chi connectivity index (χ1) is 8.34. The summed E-state index contributed by atoms with van der Waals surface area (Å²) in [4.78, 5) is 33.5. The van der Waals surface area contributed by atoms with Crippen molar-refractivity contribution in [1.82, 2.24) is 4.90 Å². The van der Waals surface area contributed by atoms with Gasteiger partial charge in [-0.1, -0.05) is 0 Å². The average Bonchev–Trinajstić information content (AvgIpc) is 2.91. The molecule has 1 saturated carbocycles. The summed E-state index contributed by atoms with van der Waals surface area (Å²) in [6.07, 6.45) is 0.367. The summed E-state index contributed by atoms with van der Waals surface area (Å²) in [6.45, 7) is -1.52. The predicted molar refractivity (Wildman–Crippen MR) is 57.0 cm³/mol. The minimum absolute atomic E-state index is 0.156. The second-order valence-corrected chi connectivity index (χ2v) is 4.29. The molecule has 0 heterocycles. The van der Waals surface area contributed by atoms with E-state index >= 15 is 0 Å². The molecule has 4 N–H and O–H groups in total. The third-order valence-corrected chi connectivity index (χ3v) is 3.14. The van der Waals surface area contributed by atoms with Crippen LogP contribution in [0.1, 0.15) is 12.8 Å². The summed E-state index contributed by atoms with van der Waals surface area (Å²) in [7, 11) is 0. The number of rotatable bonds is 8. The first-order valence-corrected chi connectivity index (χ1v) is 5.37. The number of hydrogen-bond acceptors (Lipinski definition) is 5. The molecule has 18 heavy (non-hydrogen) atoms. The standard InChI is InChI=1S/C10H15NO7/c12-2-1-6-3-10(6,9(17)18)11(4-7(13)14)5-8(15)16/h6,12H,1-5H2,(H,13,14)(H,15,16)(H,17,18). The van der Waals surface area contributed by atoms with Crippen LogP contribution in [0.5, 0.6) is 0 Å². The quantitative estimate of drug-likeness (QED) is 0.422. The van der Waals surface area contributed by atoms with Gasteiger partial charge >= 0.3 is 17.9 Å². The molecule has 0 amide bonds. The maximum Gasteiger partial charge on any atom is 0.324 e. The van der Waals surface area contributed by atoms with E-state index in [2.05, 4.69) is 0 Å². The van der Waals surface area contributed by atoms with Crippen molar-refractivity contribution in [1.29, 1.82) is 0 Å². The molecule has 0 radical (unpaired) electrons. The van der Waals surface area contributed by atoms with Gasteiger partial charge in [0, 0.05) is 6.61 Å². The molecule has 102 valence electrons. The summed E-state index contributed by atoms with van der Waals surface area (Å²) >= 11 is 0. The number of carboxylic acid groups (broad SMARTS) is 3. The topological polar surface area (TPSA) is 135 Å². The second-order valence-electron chi connectivity index (χ2n) is 4.29. The molecule has 2 unspecified atom stereocenters. The van der Waals surface area contributed by atoms with E-state index < -0.39 is 42.5 Å². The zero-order valence-electron chi connectivity index (χ0n) is 9.57. The number of aliphatic carboxylic acids is 3. The van der Waals surface area contributed by atoms with E-state index in [4.69, 9.17) is 15.3 Å². The minimum atomic E-state index is -1.47. The number of carboxylic acids is 3. The molecule has 1 fully saturated rings. The molecule has 0 bridgehead atoms. The van der Waals surface area contributed by atoms with E-state index in [1.54, 1.807) is 0 Å². The van der Waals surface area contributed by atoms with Crippen LogP contribution < -0.4 is 0 Å². The molecule has 1 rings (SSSR count). The monoisotopic (exact) mass is 261 g/mol. The molecule has 8 nitrogen and oxygen atoms in total. The third kappa shape index (κ3) is 2.77. The fourth-order valence-electron chi connectivity index (χ4n) is 2.26. The summed E-state index contributed by atoms with van der Waals surface area (Å²) in [6, 6.07) is 0. The third-order valence-electron chi connectivity index (χ3n) is 3.14. The van der Waals surface area contributed by atoms with E-state index in [0.717, 1.165) is 4.90 Å². The van der Waals surface area contributed by atoms with Crippen LogP contribution in [0.25, 0.3) is 0 Å². The SMILES string of the molecule is O=C(O)CN(CC(=O)O)C1(C(=O)O)CC1CCO. The molecule has 0 aromatic heterocycles. The highest BCUT2D eigenvalue weighted by atomic mass is 16.4. The fraction of sp³-hybridized carbons (Fsp3) is 0.700. The molecule has 1 aliphatic carbocycles. The Morgan fingerprint density at radius 3 is 1.94 bits per heavy atom. The van der Waals surface area contributed by atoms with Gasteiger partial charge in [-0.15, -0.1) is 0 Å². The van der Waals surface area contributed by atoms with Crippen molar-refractivity contribution in [2.75, 3.05) is 19.7 Å². The van der Waals surface area contributed by atoms with Crippen LogP contribution in [-0.2, 0) is 14.4 Å². The van der Waals surface area contributed by atoms with Crippen LogP contribution in [0, 0.1) is 5.92 Å². The molecule has 2 atom stereocenters. The molecule has 1 aliphatic rings. The first-order valence-electron chi connectivity index (χ1n) is 5.37. The van der Waals surface area contributed by atoms with Crippen molar-refractivity contribution < 1.29 is 34.8 Å². The Kier molecular flexibility index (Phi) is 4.25. The summed E-state index contributed by atoms with van der Waals surface area (Å²) < 4.78 is 0. The van der Waals surface area contributed by atoms with Crippen LogP contribution >= 0.6 is 0 Å². The molecule has 0 aromatic carbocycles. The van der Waals surface area contributed by atoms with Crippen molar-refractivity contribution >= 4 is 17.9 Å². The normalized spacial score (nSPS) is 26.0. The maximum absolute atomic E-state index is 11.3. The van der Waals surface area contributed by atoms with Gasteiger partial charge in [0.15, 0.2) is 0 Å². The molecule has 0 aliphatic heterocycles. The lowest BCUT2D eigenvalue weighted by atomic mass is 10.1. The fourth-order valence-corrected chi connectivity index (χ4v) is 2.26. The number of aliphatic hydroxyl groups is 1. The van der Waals surface area contributed by atoms with Crippen molar-refractivity contribution in [2.24, 2.45) is 5.92 Å². The molecular weight excluding hydrogens is 246 g/mol. The van der Waals surface area contributed by atoms with Gasteiger partial charge in [-0.25, -0.2) is 0 Å². The van der Waals surface area contributed by atoms with Crippen molar-refractivity contribution in [3.05, 3.63) is 0 Å². The molecule has 0 spiro atoms. The number of nitrogens with zero attached hydrogens (tertiary/aromatic N) is 1. The van der Waals surface area contributed by atoms with E-state index in [0.29, 0.717) is 0 Å². The van der Waals surface area contributed by atoms with Crippen LogP contribution in [0.2, 0.25) is 0 Å². The minimum Gasteiger partial charge on any atom is -0.480 e. The highest BCUT2D eigenvalue weighted by molar-refractivity contribution is 5.85. The van der Waals surface area contributed by atoms with Crippen molar-refractivity contribution in [3.63, 3.8) is 0 Å². The predicted octanol–water partition coefficient (Wildman–Crippen LogP) is -1.32. The largest absolute Gasteiger partial charge is 0.480 e. The zero-order chi connectivity index (χ0) is 13.9. The second kappa shape index (κ2) is 5.32. The summed E-state index contributed by atoms with van der Waals surface area (Å²) in [5, 5.41) is 35.4. The van der Waals surface area contributed by atoms with Gasteiger partial charge in [-0.05, 0) is 18.8 Å². The van der Waals surface area contributed by atoms with Gasteiger partial charge in [0.25, 0.3) is 0 Å². The van der Waals surface area contributed by atoms with Gasteiger partial charge in [-0.3, -0.25) is 19.3 Å². The highest BCUT2D eigenvalue weighted by Gasteiger charge is 2.64. The van der Waals surface area contributed by atoms with E-state index in [1.807, 2.05) is 0 Å². The molecular formula is C10H15NO7. The number of aliphatic hydroxyl groups excluding tert-OH is 1. The highest BCUT2D eigenvalue weighted by Crippen LogP contribution is 2.50. The van der Waals surface area contributed by atoms with E-state index in [9.17, 15) is 19.5 Å². The van der Waals surface area contributed by atoms with Gasteiger partial charge in [-0.2, -0.15) is 0 Å². The lowest BCUT2D eigenvalue weighted by Gasteiger charge is -2.26. The Hall–Kier alpha value is -1.67. The van der Waals surface area contributed by atoms with Gasteiger partial charge in [0.2, 0.25) is 0 Å². The Morgan fingerprint density at radius 1 is 1.11 bits per heavy atom. The van der Waals surface area contributed by atoms with Crippen molar-refractivity contribution in [3.8, 4) is 0 Å². The average molecular weight is 261 g/mol. The Morgan fingerprint density at radius 2 is 1.61 bits per heavy atom. The van der Waals surface area contributed by atoms with Gasteiger partial charge in [0.1, 0.15) is 5.54 Å². The Balaban J connectivity index is 2.90. The van der Waals surface area contributed by atoms with Crippen LogP contribution in [0.15, 0.2) is 0 Å². The summed E-state index contributed by atoms with van der Waals surface area (Å²) in [5.41, 5.74) is -1.47. The van der Waals surface area contributed by atoms with Gasteiger partial charge < -0.3 is 20.4 Å². The molecule has 0 aromatic rings. The smallest absolute Gasteiger partial charge is 0.324 e. The molecule has 0 saturated heterocycles. The van der Waals surface area contributed by atoms with E-state index in [1.165, 1.54) is 0 Å². The maximum atomic E-state index is 11.3.